The van der Waals surface area contributed by atoms with E-state index in [1.165, 1.54) is 11.4 Å². The number of anilines is 1. The van der Waals surface area contributed by atoms with Gasteiger partial charge in [-0.3, -0.25) is 14.5 Å². The first-order valence-corrected chi connectivity index (χ1v) is 9.49. The van der Waals surface area contributed by atoms with Gasteiger partial charge in [0, 0.05) is 70.2 Å². The van der Waals surface area contributed by atoms with Crippen LogP contribution in [0.1, 0.15) is 24.2 Å². The van der Waals surface area contributed by atoms with E-state index in [1.807, 2.05) is 29.4 Å². The molecule has 2 aromatic heterocycles. The normalized spacial score (nSPS) is 16.4. The van der Waals surface area contributed by atoms with Gasteiger partial charge in [-0.2, -0.15) is 5.10 Å². The first kappa shape index (κ1) is 22.5. The van der Waals surface area contributed by atoms with Crippen molar-refractivity contribution in [3.8, 4) is 0 Å². The Bertz CT molecular complexity index is 731. The van der Waals surface area contributed by atoms with Crippen molar-refractivity contribution in [1.29, 1.82) is 0 Å². The topological polar surface area (TPSA) is 66.3 Å². The maximum atomic E-state index is 12.7. The number of fused-ring (bicyclic) bond motifs is 1. The molecule has 2 aliphatic heterocycles. The summed E-state index contributed by atoms with van der Waals surface area (Å²) in [6.45, 7) is 6.23. The first-order chi connectivity index (χ1) is 12.8. The minimum Gasteiger partial charge on any atom is -0.370 e. The highest BCUT2D eigenvalue weighted by Crippen LogP contribution is 2.16. The average Bonchev–Trinajstić information content (AvgIpc) is 2.94. The predicted molar refractivity (Wildman–Crippen MR) is 114 cm³/mol. The van der Waals surface area contributed by atoms with Crippen molar-refractivity contribution in [2.75, 3.05) is 37.6 Å². The highest BCUT2D eigenvalue weighted by atomic mass is 35.5. The zero-order valence-electron chi connectivity index (χ0n) is 15.9. The standard InChI is InChI=1S/C19H26N6O.2ClH/c26-19(3-2-16-14-18-15-21-8-11-25(18)22-16)24-10-1-9-23(12-13-24)17-4-6-20-7-5-17;;/h4-7,14,21H,1-3,8-13,15H2;2*1H. The molecule has 2 aliphatic rings. The second kappa shape index (κ2) is 10.6. The number of pyridine rings is 1. The van der Waals surface area contributed by atoms with Crippen LogP contribution in [0.15, 0.2) is 30.6 Å². The van der Waals surface area contributed by atoms with E-state index in [-0.39, 0.29) is 30.7 Å². The molecule has 28 heavy (non-hydrogen) atoms. The SMILES string of the molecule is Cl.Cl.O=C(CCc1cc2n(n1)CCNC2)N1CCCN(c2ccncc2)CC1. The molecule has 0 bridgehead atoms. The summed E-state index contributed by atoms with van der Waals surface area (Å²) in [4.78, 5) is 21.1. The Labute approximate surface area is 178 Å². The van der Waals surface area contributed by atoms with Crippen molar-refractivity contribution in [2.24, 2.45) is 0 Å². The molecule has 1 amide bonds. The molecule has 0 aliphatic carbocycles. The highest BCUT2D eigenvalue weighted by Gasteiger charge is 2.20. The van der Waals surface area contributed by atoms with Crippen LogP contribution in [0.5, 0.6) is 0 Å². The van der Waals surface area contributed by atoms with Crippen LogP contribution >= 0.6 is 24.8 Å². The van der Waals surface area contributed by atoms with Gasteiger partial charge in [0.1, 0.15) is 0 Å². The largest absolute Gasteiger partial charge is 0.370 e. The maximum Gasteiger partial charge on any atom is 0.223 e. The summed E-state index contributed by atoms with van der Waals surface area (Å²) in [5.74, 6) is 0.241. The average molecular weight is 427 g/mol. The van der Waals surface area contributed by atoms with Gasteiger partial charge in [-0.1, -0.05) is 0 Å². The van der Waals surface area contributed by atoms with Crippen LogP contribution in [0.3, 0.4) is 0 Å². The molecule has 7 nitrogen and oxygen atoms in total. The fourth-order valence-electron chi connectivity index (χ4n) is 3.75. The summed E-state index contributed by atoms with van der Waals surface area (Å²) in [5, 5.41) is 7.98. The minimum atomic E-state index is 0. The van der Waals surface area contributed by atoms with Gasteiger partial charge in [0.2, 0.25) is 5.91 Å². The van der Waals surface area contributed by atoms with Crippen LogP contribution in [0.4, 0.5) is 5.69 Å². The number of nitrogens with zero attached hydrogens (tertiary/aromatic N) is 5. The third-order valence-electron chi connectivity index (χ3n) is 5.19. The third kappa shape index (κ3) is 5.37. The summed E-state index contributed by atoms with van der Waals surface area (Å²) in [6.07, 6.45) is 5.91. The number of hydrogen-bond donors (Lipinski definition) is 1. The lowest BCUT2D eigenvalue weighted by molar-refractivity contribution is -0.130. The summed E-state index contributed by atoms with van der Waals surface area (Å²) in [7, 11) is 0. The number of carbonyl (C=O) groups is 1. The van der Waals surface area contributed by atoms with Gasteiger partial charge in [0.25, 0.3) is 0 Å². The van der Waals surface area contributed by atoms with Crippen LogP contribution in [0.2, 0.25) is 0 Å². The first-order valence-electron chi connectivity index (χ1n) is 9.49. The van der Waals surface area contributed by atoms with E-state index >= 15 is 0 Å². The van der Waals surface area contributed by atoms with Gasteiger partial charge in [-0.25, -0.2) is 0 Å². The van der Waals surface area contributed by atoms with Gasteiger partial charge >= 0.3 is 0 Å². The van der Waals surface area contributed by atoms with E-state index in [0.717, 1.165) is 64.3 Å². The Morgan fingerprint density at radius 2 is 1.89 bits per heavy atom. The number of halogens is 2. The molecule has 9 heteroatoms. The van der Waals surface area contributed by atoms with Crippen molar-refractivity contribution >= 4 is 36.4 Å². The van der Waals surface area contributed by atoms with Crippen molar-refractivity contribution in [1.82, 2.24) is 25.0 Å². The smallest absolute Gasteiger partial charge is 0.223 e. The number of aryl methyl sites for hydroxylation is 1. The van der Waals surface area contributed by atoms with Crippen molar-refractivity contribution in [2.45, 2.75) is 32.4 Å². The van der Waals surface area contributed by atoms with Crippen LogP contribution in [0, 0.1) is 0 Å². The van der Waals surface area contributed by atoms with Crippen LogP contribution in [0.25, 0.3) is 0 Å². The fraction of sp³-hybridized carbons (Fsp3) is 0.526. The predicted octanol–water partition coefficient (Wildman–Crippen LogP) is 1.90. The van der Waals surface area contributed by atoms with Crippen molar-refractivity contribution < 1.29 is 4.79 Å². The number of hydrogen-bond acceptors (Lipinski definition) is 5. The quantitative estimate of drug-likeness (QED) is 0.808. The summed E-state index contributed by atoms with van der Waals surface area (Å²) >= 11 is 0. The Kier molecular flexibility index (Phi) is 8.54. The molecule has 0 spiro atoms. The highest BCUT2D eigenvalue weighted by molar-refractivity contribution is 5.85. The molecular formula is C19H28Cl2N6O. The Hall–Kier alpha value is -1.83. The Morgan fingerprint density at radius 3 is 2.68 bits per heavy atom. The van der Waals surface area contributed by atoms with Crippen molar-refractivity contribution in [3.63, 3.8) is 0 Å². The number of carbonyl (C=O) groups excluding carboxylic acids is 1. The Morgan fingerprint density at radius 1 is 1.07 bits per heavy atom. The fourth-order valence-corrected chi connectivity index (χ4v) is 3.75. The maximum absolute atomic E-state index is 12.7. The number of rotatable bonds is 4. The van der Waals surface area contributed by atoms with E-state index in [9.17, 15) is 4.79 Å². The molecule has 2 aromatic rings. The molecule has 0 atom stereocenters. The zero-order valence-corrected chi connectivity index (χ0v) is 17.6. The lowest BCUT2D eigenvalue weighted by atomic mass is 10.2. The molecule has 0 saturated carbocycles. The zero-order chi connectivity index (χ0) is 17.8. The minimum absolute atomic E-state index is 0. The van der Waals surface area contributed by atoms with E-state index in [4.69, 9.17) is 0 Å². The number of nitrogens with one attached hydrogen (secondary N) is 1. The van der Waals surface area contributed by atoms with Gasteiger partial charge in [-0.05, 0) is 24.6 Å². The molecule has 0 radical (unpaired) electrons. The van der Waals surface area contributed by atoms with Gasteiger partial charge in [0.15, 0.2) is 0 Å². The van der Waals surface area contributed by atoms with Crippen LogP contribution in [-0.4, -0.2) is 58.3 Å². The number of amides is 1. The van der Waals surface area contributed by atoms with Crippen molar-refractivity contribution in [3.05, 3.63) is 42.0 Å². The Balaban J connectivity index is 0.00000140. The molecule has 4 rings (SSSR count). The van der Waals surface area contributed by atoms with Gasteiger partial charge in [0.05, 0.1) is 17.9 Å². The second-order valence-corrected chi connectivity index (χ2v) is 6.95. The lowest BCUT2D eigenvalue weighted by Crippen LogP contribution is -2.35. The molecule has 1 N–H and O–H groups in total. The van der Waals surface area contributed by atoms with Crippen LogP contribution < -0.4 is 10.2 Å². The number of aromatic nitrogens is 3. The monoisotopic (exact) mass is 426 g/mol. The lowest BCUT2D eigenvalue weighted by Gasteiger charge is -2.23. The third-order valence-corrected chi connectivity index (χ3v) is 5.19. The van der Waals surface area contributed by atoms with Crippen LogP contribution in [-0.2, 0) is 24.3 Å². The van der Waals surface area contributed by atoms with E-state index in [2.05, 4.69) is 31.0 Å². The summed E-state index contributed by atoms with van der Waals surface area (Å²) in [6, 6.07) is 6.20. The van der Waals surface area contributed by atoms with E-state index < -0.39 is 0 Å². The molecular weight excluding hydrogens is 399 g/mol. The van der Waals surface area contributed by atoms with E-state index in [0.29, 0.717) is 6.42 Å². The van der Waals surface area contributed by atoms with Gasteiger partial charge < -0.3 is 15.1 Å². The molecule has 154 valence electrons. The molecule has 1 saturated heterocycles. The van der Waals surface area contributed by atoms with Gasteiger partial charge in [-0.15, -0.1) is 24.8 Å². The summed E-state index contributed by atoms with van der Waals surface area (Å²) < 4.78 is 2.06. The second-order valence-electron chi connectivity index (χ2n) is 6.95. The molecule has 4 heterocycles. The summed E-state index contributed by atoms with van der Waals surface area (Å²) in [5.41, 5.74) is 3.44. The molecule has 1 fully saturated rings. The van der Waals surface area contributed by atoms with E-state index in [1.54, 1.807) is 0 Å². The molecule has 0 unspecified atom stereocenters. The molecule has 0 aromatic carbocycles.